The fraction of sp³-hybridized carbons (Fsp3) is 1.00. The molecule has 16 heteroatoms. The highest BCUT2D eigenvalue weighted by Gasteiger charge is 2.74. The number of halogens is 7. The van der Waals surface area contributed by atoms with Crippen LogP contribution in [0.15, 0.2) is 0 Å². The molecule has 0 aliphatic carbocycles. The highest BCUT2D eigenvalue weighted by Crippen LogP contribution is 2.46. The molecule has 0 bridgehead atoms. The van der Waals surface area contributed by atoms with E-state index in [1.807, 2.05) is 0 Å². The number of rotatable bonds is 25. The summed E-state index contributed by atoms with van der Waals surface area (Å²) >= 11 is 0. The molecule has 0 spiro atoms. The molecular weight excluding hydrogens is 505 g/mol. The van der Waals surface area contributed by atoms with Gasteiger partial charge in [-0.15, -0.1) is 0 Å². The van der Waals surface area contributed by atoms with E-state index in [0.29, 0.717) is 52.9 Å². The molecular formula is C19H33F7O9. The molecule has 0 amide bonds. The minimum Gasteiger partial charge on any atom is -0.394 e. The van der Waals surface area contributed by atoms with Crippen molar-refractivity contribution in [3.8, 4) is 0 Å². The third-order valence-electron chi connectivity index (χ3n) is 3.70. The van der Waals surface area contributed by atoms with Crippen molar-refractivity contribution < 1.29 is 73.7 Å². The van der Waals surface area contributed by atoms with Crippen molar-refractivity contribution in [3.63, 3.8) is 0 Å². The van der Waals surface area contributed by atoms with Crippen LogP contribution in [0.1, 0.15) is 0 Å². The van der Waals surface area contributed by atoms with Gasteiger partial charge in [-0.05, 0) is 0 Å². The van der Waals surface area contributed by atoms with Crippen LogP contribution in [0, 0.1) is 0 Å². The van der Waals surface area contributed by atoms with Crippen molar-refractivity contribution in [1.29, 1.82) is 0 Å². The van der Waals surface area contributed by atoms with E-state index in [1.165, 1.54) is 0 Å². The van der Waals surface area contributed by atoms with Gasteiger partial charge in [-0.3, -0.25) is 0 Å². The van der Waals surface area contributed by atoms with Crippen LogP contribution in [0.4, 0.5) is 30.7 Å². The van der Waals surface area contributed by atoms with E-state index in [2.05, 4.69) is 4.74 Å². The summed E-state index contributed by atoms with van der Waals surface area (Å²) in [6, 6.07) is 0. The average molecular weight is 538 g/mol. The van der Waals surface area contributed by atoms with E-state index >= 15 is 0 Å². The molecule has 212 valence electrons. The third-order valence-corrected chi connectivity index (χ3v) is 3.70. The van der Waals surface area contributed by atoms with Crippen molar-refractivity contribution in [2.45, 2.75) is 18.2 Å². The topological polar surface area (TPSA) is 94.1 Å². The normalized spacial score (nSPS) is 13.0. The molecule has 0 radical (unpaired) electrons. The quantitative estimate of drug-likeness (QED) is 0.138. The number of aliphatic hydroxyl groups excluding tert-OH is 1. The minimum atomic E-state index is -6.44. The molecule has 0 aliphatic rings. The van der Waals surface area contributed by atoms with Crippen LogP contribution in [0.2, 0.25) is 0 Å². The van der Waals surface area contributed by atoms with Gasteiger partial charge in [0.1, 0.15) is 0 Å². The summed E-state index contributed by atoms with van der Waals surface area (Å²) in [6.45, 7) is 1.86. The van der Waals surface area contributed by atoms with E-state index in [9.17, 15) is 30.7 Å². The maximum atomic E-state index is 12.8. The highest BCUT2D eigenvalue weighted by atomic mass is 19.4. The number of hydrogen-bond donors (Lipinski definition) is 1. The van der Waals surface area contributed by atoms with E-state index in [4.69, 9.17) is 38.3 Å². The van der Waals surface area contributed by atoms with Gasteiger partial charge in [-0.1, -0.05) is 0 Å². The van der Waals surface area contributed by atoms with Crippen LogP contribution in [0.25, 0.3) is 0 Å². The van der Waals surface area contributed by atoms with Gasteiger partial charge in [0.2, 0.25) is 0 Å². The number of aliphatic hydroxyl groups is 1. The van der Waals surface area contributed by atoms with Gasteiger partial charge in [0, 0.05) is 0 Å². The van der Waals surface area contributed by atoms with Crippen molar-refractivity contribution in [2.75, 3.05) is 106 Å². The van der Waals surface area contributed by atoms with Crippen molar-refractivity contribution in [2.24, 2.45) is 0 Å². The molecule has 35 heavy (non-hydrogen) atoms. The Balaban J connectivity index is 3.33. The van der Waals surface area contributed by atoms with E-state index in [1.54, 1.807) is 0 Å². The summed E-state index contributed by atoms with van der Waals surface area (Å²) in [4.78, 5) is 0. The molecule has 9 nitrogen and oxygen atoms in total. The molecule has 1 N–H and O–H groups in total. The lowest BCUT2D eigenvalue weighted by molar-refractivity contribution is -0.424. The highest BCUT2D eigenvalue weighted by molar-refractivity contribution is 4.84. The molecule has 0 aromatic carbocycles. The Kier molecular flexibility index (Phi) is 19.7. The van der Waals surface area contributed by atoms with Gasteiger partial charge in [-0.25, -0.2) is 0 Å². The number of ether oxygens (including phenoxy) is 8. The monoisotopic (exact) mass is 538 g/mol. The maximum absolute atomic E-state index is 12.8. The molecule has 0 rings (SSSR count). The largest absolute Gasteiger partial charge is 0.462 e. The lowest BCUT2D eigenvalue weighted by Gasteiger charge is -2.27. The lowest BCUT2D eigenvalue weighted by atomic mass is 10.3. The second-order valence-electron chi connectivity index (χ2n) is 6.45. The standard InChI is InChI=1S/C19H33F7O9/c20-17(21,18(22,23)24)19(25,26)35-16-15-34-14-13-33-12-11-32-10-9-31-8-7-30-6-5-29-4-3-28-2-1-27/h27H,1-16H2. The Morgan fingerprint density at radius 2 is 0.657 bits per heavy atom. The van der Waals surface area contributed by atoms with Crippen LogP contribution in [0.5, 0.6) is 0 Å². The summed E-state index contributed by atoms with van der Waals surface area (Å²) in [6.07, 6.45) is -12.1. The molecule has 0 saturated carbocycles. The fourth-order valence-electron chi connectivity index (χ4n) is 1.97. The summed E-state index contributed by atoms with van der Waals surface area (Å²) in [5, 5.41) is 8.51. The first-order chi connectivity index (χ1) is 16.6. The first kappa shape index (κ1) is 34.1. The zero-order valence-electron chi connectivity index (χ0n) is 19.2. The molecule has 0 saturated heterocycles. The fourth-order valence-corrected chi connectivity index (χ4v) is 1.97. The average Bonchev–Trinajstić information content (AvgIpc) is 2.78. The first-order valence-corrected chi connectivity index (χ1v) is 10.7. The minimum absolute atomic E-state index is 0.0195. The predicted octanol–water partition coefficient (Wildman–Crippen LogP) is 1.90. The molecule has 0 heterocycles. The van der Waals surface area contributed by atoms with Crippen molar-refractivity contribution in [1.82, 2.24) is 0 Å². The molecule has 0 fully saturated rings. The van der Waals surface area contributed by atoms with Crippen LogP contribution in [-0.2, 0) is 37.9 Å². The summed E-state index contributed by atoms with van der Waals surface area (Å²) in [7, 11) is 0. The second-order valence-corrected chi connectivity index (χ2v) is 6.45. The Hall–Kier alpha value is -0.850. The van der Waals surface area contributed by atoms with Crippen molar-refractivity contribution in [3.05, 3.63) is 0 Å². The predicted molar refractivity (Wildman–Crippen MR) is 105 cm³/mol. The third kappa shape index (κ3) is 17.3. The van der Waals surface area contributed by atoms with E-state index in [0.717, 1.165) is 0 Å². The smallest absolute Gasteiger partial charge is 0.394 e. The zero-order valence-corrected chi connectivity index (χ0v) is 19.2. The molecule has 0 aromatic rings. The maximum Gasteiger partial charge on any atom is 0.462 e. The summed E-state index contributed by atoms with van der Waals surface area (Å²) in [5.41, 5.74) is 0. The number of alkyl halides is 7. The zero-order chi connectivity index (χ0) is 26.5. The van der Waals surface area contributed by atoms with E-state index in [-0.39, 0.29) is 39.6 Å². The molecule has 0 atom stereocenters. The van der Waals surface area contributed by atoms with Gasteiger partial charge >= 0.3 is 18.2 Å². The first-order valence-electron chi connectivity index (χ1n) is 10.7. The van der Waals surface area contributed by atoms with Crippen LogP contribution < -0.4 is 0 Å². The van der Waals surface area contributed by atoms with Gasteiger partial charge in [0.25, 0.3) is 0 Å². The Morgan fingerprint density at radius 1 is 0.400 bits per heavy atom. The van der Waals surface area contributed by atoms with Gasteiger partial charge < -0.3 is 43.0 Å². The summed E-state index contributed by atoms with van der Waals surface area (Å²) in [5.74, 6) is -6.31. The van der Waals surface area contributed by atoms with E-state index < -0.39 is 31.4 Å². The van der Waals surface area contributed by atoms with Crippen LogP contribution in [0.3, 0.4) is 0 Å². The van der Waals surface area contributed by atoms with Crippen LogP contribution in [-0.4, -0.2) is 129 Å². The molecule has 0 unspecified atom stereocenters. The summed E-state index contributed by atoms with van der Waals surface area (Å²) < 4.78 is 126. The Bertz CT molecular complexity index is 486. The number of hydrogen-bond acceptors (Lipinski definition) is 9. The Labute approximate surface area is 198 Å². The van der Waals surface area contributed by atoms with Gasteiger partial charge in [0.15, 0.2) is 0 Å². The Morgan fingerprint density at radius 3 is 0.914 bits per heavy atom. The lowest BCUT2D eigenvalue weighted by Crippen LogP contribution is -2.53. The molecule has 0 aromatic heterocycles. The van der Waals surface area contributed by atoms with Gasteiger partial charge in [0.05, 0.1) is 106 Å². The SMILES string of the molecule is OCCOCCOCCOCCOCCOCCOCCOCCOC(F)(F)C(F)(F)C(F)(F)F. The van der Waals surface area contributed by atoms with Crippen molar-refractivity contribution >= 4 is 0 Å². The second kappa shape index (κ2) is 20.2. The van der Waals surface area contributed by atoms with Gasteiger partial charge in [-0.2, -0.15) is 30.7 Å². The van der Waals surface area contributed by atoms with Crippen LogP contribution >= 0.6 is 0 Å². The molecule has 0 aliphatic heterocycles.